The molecule has 1 N–H and O–H groups in total. The van der Waals surface area contributed by atoms with E-state index in [9.17, 15) is 0 Å². The monoisotopic (exact) mass is 184 g/mol. The molecule has 0 aromatic carbocycles. The minimum absolute atomic E-state index is 0.0648. The third-order valence-corrected chi connectivity index (χ3v) is 1.81. The first kappa shape index (κ1) is 4.74. The van der Waals surface area contributed by atoms with Crippen molar-refractivity contribution in [2.75, 3.05) is 13.1 Å². The van der Waals surface area contributed by atoms with Crippen LogP contribution in [0.4, 0.5) is 0 Å². The summed E-state index contributed by atoms with van der Waals surface area (Å²) in [5, 5.41) is 6.47. The van der Waals surface area contributed by atoms with Crippen molar-refractivity contribution in [3.63, 3.8) is 0 Å². The van der Waals surface area contributed by atoms with Gasteiger partial charge in [0.1, 0.15) is 0 Å². The van der Waals surface area contributed by atoms with E-state index in [4.69, 9.17) is 10.0 Å². The number of nitrogens with zero attached hydrogens (tertiary/aromatic N) is 3. The Bertz CT molecular complexity index is 416. The van der Waals surface area contributed by atoms with Crippen LogP contribution >= 0.6 is 0 Å². The van der Waals surface area contributed by atoms with E-state index in [1.165, 1.54) is 0 Å². The zero-order chi connectivity index (χ0) is 12.5. The van der Waals surface area contributed by atoms with Gasteiger partial charge in [-0.2, -0.15) is 4.98 Å². The van der Waals surface area contributed by atoms with Crippen LogP contribution in [0.25, 0.3) is 0 Å². The highest BCUT2D eigenvalue weighted by Gasteiger charge is 2.19. The third-order valence-electron chi connectivity index (χ3n) is 1.81. The molecule has 13 heavy (non-hydrogen) atoms. The van der Waals surface area contributed by atoms with Crippen LogP contribution in [0.2, 0.25) is 0 Å². The maximum Gasteiger partial charge on any atom is 0.233 e. The first-order valence-electron chi connectivity index (χ1n) is 6.03. The van der Waals surface area contributed by atoms with Crippen molar-refractivity contribution in [3.05, 3.63) is 11.7 Å². The molecule has 0 spiro atoms. The first-order valence-corrected chi connectivity index (χ1v) is 3.96. The average molecular weight is 184 g/mol. The van der Waals surface area contributed by atoms with E-state index in [2.05, 4.69) is 20.4 Å². The predicted molar refractivity (Wildman–Crippen MR) is 47.8 cm³/mol. The lowest BCUT2D eigenvalue weighted by molar-refractivity contribution is 0.348. The summed E-state index contributed by atoms with van der Waals surface area (Å²) in [5.74, 6) is 0.158. The van der Waals surface area contributed by atoms with Crippen LogP contribution in [0, 0.1) is 0 Å². The molecule has 0 radical (unpaired) electrons. The predicted octanol–water partition coefficient (Wildman–Crippen LogP) is 0.347. The topological polar surface area (TPSA) is 63.3 Å². The number of rotatable bonds is 2. The van der Waals surface area contributed by atoms with Crippen LogP contribution in [-0.2, 0) is 6.40 Å². The molecular weight excluding hydrogens is 168 g/mol. The highest BCUT2D eigenvalue weighted by atomic mass is 16.5. The fourth-order valence-electron chi connectivity index (χ4n) is 1.14. The Morgan fingerprint density at radius 2 is 2.92 bits per heavy atom. The number of aromatic nitrogens is 2. The normalized spacial score (nSPS) is 29.4. The van der Waals surface area contributed by atoms with Gasteiger partial charge < -0.3 is 9.84 Å². The molecule has 1 aromatic heterocycles. The van der Waals surface area contributed by atoms with Crippen molar-refractivity contribution in [2.24, 2.45) is 4.99 Å². The first-order chi connectivity index (χ1) is 7.98. The summed E-state index contributed by atoms with van der Waals surface area (Å²) in [6.07, 6.45) is 0.129. The summed E-state index contributed by atoms with van der Waals surface area (Å²) in [5.41, 5.74) is 0. The highest BCUT2D eigenvalue weighted by molar-refractivity contribution is 5.55. The molecular formula is C8H12N4O. The Hall–Kier alpha value is -1.39. The van der Waals surface area contributed by atoms with Crippen LogP contribution in [0.15, 0.2) is 9.52 Å². The number of hydrogen-bond donors (Lipinski definition) is 1. The third kappa shape index (κ3) is 1.68. The molecule has 2 atom stereocenters. The molecule has 1 aliphatic rings. The van der Waals surface area contributed by atoms with E-state index in [1.807, 2.05) is 0 Å². The van der Waals surface area contributed by atoms with Crippen LogP contribution in [0.3, 0.4) is 0 Å². The van der Waals surface area contributed by atoms with Gasteiger partial charge in [0, 0.05) is 18.4 Å². The fourth-order valence-corrected chi connectivity index (χ4v) is 1.14. The van der Waals surface area contributed by atoms with E-state index >= 15 is 0 Å². The van der Waals surface area contributed by atoms with Gasteiger partial charge in [-0.3, -0.25) is 4.99 Å². The molecule has 0 bridgehead atoms. The van der Waals surface area contributed by atoms with Crippen molar-refractivity contribution in [1.29, 1.82) is 0 Å². The molecule has 2 unspecified atom stereocenters. The van der Waals surface area contributed by atoms with Crippen molar-refractivity contribution in [3.8, 4) is 0 Å². The summed E-state index contributed by atoms with van der Waals surface area (Å²) in [4.78, 5) is 7.98. The standard InChI is InChI=1S/C8H12N4O/c1-2-7-11-8(13-12-7)6-3-9-5-10-4-6/h5-6H,2-4H2,1H3,(H,9,10)/i1D3,2D. The summed E-state index contributed by atoms with van der Waals surface area (Å²) < 4.78 is 33.8. The molecule has 0 amide bonds. The number of aryl methyl sites for hydroxylation is 1. The van der Waals surface area contributed by atoms with E-state index in [0.29, 0.717) is 19.0 Å². The largest absolute Gasteiger partial charge is 0.376 e. The Morgan fingerprint density at radius 3 is 3.69 bits per heavy atom. The molecule has 0 saturated carbocycles. The molecule has 0 fully saturated rings. The zero-order valence-electron chi connectivity index (χ0n) is 10.9. The Morgan fingerprint density at radius 1 is 1.92 bits per heavy atom. The van der Waals surface area contributed by atoms with Gasteiger partial charge >= 0.3 is 0 Å². The molecule has 1 aliphatic heterocycles. The molecule has 70 valence electrons. The van der Waals surface area contributed by atoms with Gasteiger partial charge in [0.25, 0.3) is 0 Å². The average Bonchev–Trinajstić information content (AvgIpc) is 2.77. The molecule has 2 heterocycles. The number of hydrogen-bond acceptors (Lipinski definition) is 5. The van der Waals surface area contributed by atoms with Gasteiger partial charge in [-0.05, 0) is 0 Å². The smallest absolute Gasteiger partial charge is 0.233 e. The molecule has 0 saturated heterocycles. The van der Waals surface area contributed by atoms with Crippen LogP contribution < -0.4 is 5.32 Å². The van der Waals surface area contributed by atoms with Crippen molar-refractivity contribution < 1.29 is 10.0 Å². The summed E-state index contributed by atoms with van der Waals surface area (Å²) in [6.45, 7) is -1.31. The lowest BCUT2D eigenvalue weighted by Gasteiger charge is -2.13. The molecule has 5 nitrogen and oxygen atoms in total. The summed E-state index contributed by atoms with van der Waals surface area (Å²) >= 11 is 0. The van der Waals surface area contributed by atoms with Gasteiger partial charge in [-0.1, -0.05) is 12.0 Å². The van der Waals surface area contributed by atoms with Crippen molar-refractivity contribution in [2.45, 2.75) is 19.2 Å². The Balaban J connectivity index is 2.13. The minimum atomic E-state index is -2.44. The van der Waals surface area contributed by atoms with E-state index in [0.717, 1.165) is 0 Å². The maximum absolute atomic E-state index is 7.50. The quantitative estimate of drug-likeness (QED) is 0.720. The van der Waals surface area contributed by atoms with Gasteiger partial charge in [0.15, 0.2) is 5.82 Å². The second kappa shape index (κ2) is 3.55. The maximum atomic E-state index is 7.50. The summed E-state index contributed by atoms with van der Waals surface area (Å²) in [7, 11) is 0. The lowest BCUT2D eigenvalue weighted by Crippen LogP contribution is -2.27. The van der Waals surface area contributed by atoms with E-state index in [1.54, 1.807) is 6.34 Å². The van der Waals surface area contributed by atoms with Gasteiger partial charge in [-0.25, -0.2) is 0 Å². The minimum Gasteiger partial charge on any atom is -0.376 e. The van der Waals surface area contributed by atoms with Gasteiger partial charge in [0.2, 0.25) is 5.89 Å². The second-order valence-electron chi connectivity index (χ2n) is 2.73. The molecule has 1 aromatic rings. The van der Waals surface area contributed by atoms with Crippen LogP contribution in [0.5, 0.6) is 0 Å². The van der Waals surface area contributed by atoms with E-state index < -0.39 is 13.2 Å². The highest BCUT2D eigenvalue weighted by Crippen LogP contribution is 2.14. The Kier molecular flexibility index (Phi) is 1.29. The van der Waals surface area contributed by atoms with Crippen molar-refractivity contribution in [1.82, 2.24) is 15.5 Å². The van der Waals surface area contributed by atoms with Crippen molar-refractivity contribution >= 4 is 6.34 Å². The SMILES string of the molecule is [2H]C(c1noc(C2CN=CNC2)n1)C([2H])([2H])[2H]. The molecule has 5 heteroatoms. The number of nitrogens with one attached hydrogen (secondary N) is 1. The van der Waals surface area contributed by atoms with E-state index in [-0.39, 0.29) is 11.7 Å². The lowest BCUT2D eigenvalue weighted by atomic mass is 10.1. The Labute approximate surface area is 81.9 Å². The molecule has 0 aliphatic carbocycles. The van der Waals surface area contributed by atoms with Crippen LogP contribution in [0.1, 0.15) is 30.0 Å². The number of aliphatic imine (C=N–C) groups is 1. The van der Waals surface area contributed by atoms with Gasteiger partial charge in [-0.15, -0.1) is 0 Å². The van der Waals surface area contributed by atoms with Gasteiger partial charge in [0.05, 0.1) is 18.8 Å². The summed E-state index contributed by atoms with van der Waals surface area (Å²) in [6, 6.07) is 0. The fraction of sp³-hybridized carbons (Fsp3) is 0.625. The molecule has 2 rings (SSSR count). The zero-order valence-corrected chi connectivity index (χ0v) is 6.90. The van der Waals surface area contributed by atoms with Crippen LogP contribution in [-0.4, -0.2) is 29.6 Å². The second-order valence-corrected chi connectivity index (χ2v) is 2.73.